The number of methoxy groups -OCH3 is 2. The number of ether oxygens (including phenoxy) is 2. The Bertz CT molecular complexity index is 1920. The molecule has 14 nitrogen and oxygen atoms in total. The van der Waals surface area contributed by atoms with Crippen LogP contribution < -0.4 is 25.4 Å². The van der Waals surface area contributed by atoms with Crippen LogP contribution in [0.3, 0.4) is 0 Å². The summed E-state index contributed by atoms with van der Waals surface area (Å²) >= 11 is 0. The van der Waals surface area contributed by atoms with Crippen molar-refractivity contribution in [1.82, 2.24) is 30.7 Å². The van der Waals surface area contributed by atoms with E-state index in [9.17, 15) is 28.8 Å². The first-order chi connectivity index (χ1) is 26.2. The SMILES string of the molecule is COc1ccc(C[C@H]2C(=O)NCC(=O)N(C)[C@H]3Cc4ccc(cc4)Cc4cc(ccc4OC)C[C@@H](C(=O)N[C@H](C)C(=O)N[C@@H](C)C(=O)N2C)N(C)C3=O)cc1. The molecular weight excluding hydrogens is 704 g/mol. The molecule has 0 unspecified atom stereocenters. The minimum atomic E-state index is -1.11. The summed E-state index contributed by atoms with van der Waals surface area (Å²) in [5.41, 5.74) is 4.14. The van der Waals surface area contributed by atoms with Gasteiger partial charge in [0.2, 0.25) is 35.4 Å². The number of hydrogen-bond donors (Lipinski definition) is 3. The van der Waals surface area contributed by atoms with Crippen LogP contribution in [0.15, 0.2) is 66.7 Å². The van der Waals surface area contributed by atoms with E-state index in [-0.39, 0.29) is 19.3 Å². The molecule has 5 atom stereocenters. The lowest BCUT2D eigenvalue weighted by molar-refractivity contribution is -0.148. The van der Waals surface area contributed by atoms with Gasteiger partial charge in [0.15, 0.2) is 0 Å². The van der Waals surface area contributed by atoms with E-state index >= 15 is 0 Å². The monoisotopic (exact) mass is 754 g/mol. The Labute approximate surface area is 321 Å². The fourth-order valence-corrected chi connectivity index (χ4v) is 6.94. The van der Waals surface area contributed by atoms with Gasteiger partial charge in [0, 0.05) is 46.8 Å². The first kappa shape index (κ1) is 40.3. The van der Waals surface area contributed by atoms with Crippen LogP contribution in [0.5, 0.6) is 11.5 Å². The summed E-state index contributed by atoms with van der Waals surface area (Å²) in [5.74, 6) is -2.15. The largest absolute Gasteiger partial charge is 0.497 e. The molecule has 3 heterocycles. The normalized spacial score (nSPS) is 23.3. The molecule has 0 spiro atoms. The molecule has 6 amide bonds. The highest BCUT2D eigenvalue weighted by atomic mass is 16.5. The lowest BCUT2D eigenvalue weighted by Gasteiger charge is -2.36. The Kier molecular flexibility index (Phi) is 12.8. The standard InChI is InChI=1S/C41H50N6O8/c1-24-37(49)44-25(2)40(52)46(4)32(20-28-12-15-31(54-6)16-13-28)38(50)42-23-36(48)45(3)34-21-27-10-8-26(9-11-27)18-30-19-29(14-17-35(30)55-7)22-33(39(51)43-24)47(5)41(34)53/h8-17,19,24-25,32-34H,18,20-23H2,1-7H3,(H,42,50)(H,43,51)(H,44,49)/t24-,25+,32+,33+,34+/m1/s1. The summed E-state index contributed by atoms with van der Waals surface area (Å²) in [6.07, 6.45) is 0.852. The molecule has 292 valence electrons. The van der Waals surface area contributed by atoms with Crippen molar-refractivity contribution in [3.8, 4) is 11.5 Å². The van der Waals surface area contributed by atoms with Crippen LogP contribution >= 0.6 is 0 Å². The van der Waals surface area contributed by atoms with Gasteiger partial charge in [-0.3, -0.25) is 28.8 Å². The van der Waals surface area contributed by atoms with E-state index in [1.807, 2.05) is 42.5 Å². The third kappa shape index (κ3) is 9.42. The fraction of sp³-hybridized carbons (Fsp3) is 0.415. The second-order valence-electron chi connectivity index (χ2n) is 14.2. The van der Waals surface area contributed by atoms with E-state index in [0.29, 0.717) is 17.9 Å². The minimum Gasteiger partial charge on any atom is -0.497 e. The van der Waals surface area contributed by atoms with E-state index in [1.54, 1.807) is 31.4 Å². The van der Waals surface area contributed by atoms with Gasteiger partial charge in [-0.25, -0.2) is 0 Å². The number of fused-ring (bicyclic) bond motifs is 2. The number of nitrogens with one attached hydrogen (secondary N) is 3. The van der Waals surface area contributed by atoms with E-state index in [1.165, 1.54) is 56.8 Å². The van der Waals surface area contributed by atoms with Gasteiger partial charge >= 0.3 is 0 Å². The van der Waals surface area contributed by atoms with E-state index in [0.717, 1.165) is 27.8 Å². The van der Waals surface area contributed by atoms with Crippen molar-refractivity contribution >= 4 is 35.4 Å². The van der Waals surface area contributed by atoms with Gasteiger partial charge in [-0.2, -0.15) is 0 Å². The quantitative estimate of drug-likeness (QED) is 0.358. The highest BCUT2D eigenvalue weighted by Crippen LogP contribution is 2.26. The van der Waals surface area contributed by atoms with Crippen LogP contribution in [-0.2, 0) is 54.5 Å². The molecule has 6 bridgehead atoms. The third-order valence-corrected chi connectivity index (χ3v) is 10.5. The number of rotatable bonds is 4. The summed E-state index contributed by atoms with van der Waals surface area (Å²) in [6.45, 7) is 2.51. The van der Waals surface area contributed by atoms with Crippen LogP contribution in [0.25, 0.3) is 0 Å². The maximum absolute atomic E-state index is 14.6. The topological polar surface area (TPSA) is 167 Å². The summed E-state index contributed by atoms with van der Waals surface area (Å²) < 4.78 is 10.9. The van der Waals surface area contributed by atoms with Crippen LogP contribution in [0.4, 0.5) is 0 Å². The van der Waals surface area contributed by atoms with Gasteiger partial charge in [-0.1, -0.05) is 48.5 Å². The Morgan fingerprint density at radius 2 is 1.25 bits per heavy atom. The highest BCUT2D eigenvalue weighted by molar-refractivity contribution is 5.97. The van der Waals surface area contributed by atoms with E-state index < -0.39 is 72.2 Å². The lowest BCUT2D eigenvalue weighted by atomic mass is 9.94. The third-order valence-electron chi connectivity index (χ3n) is 10.5. The molecule has 3 aliphatic heterocycles. The zero-order valence-electron chi connectivity index (χ0n) is 32.4. The number of amides is 6. The van der Waals surface area contributed by atoms with Crippen LogP contribution in [0.1, 0.15) is 41.7 Å². The van der Waals surface area contributed by atoms with Crippen LogP contribution in [0, 0.1) is 0 Å². The summed E-state index contributed by atoms with van der Waals surface area (Å²) in [4.78, 5) is 87.5. The summed E-state index contributed by atoms with van der Waals surface area (Å²) in [6, 6.07) is 14.9. The fourth-order valence-electron chi connectivity index (χ4n) is 6.94. The number of hydrogen-bond acceptors (Lipinski definition) is 8. The molecule has 0 saturated carbocycles. The molecule has 14 heteroatoms. The average molecular weight is 755 g/mol. The first-order valence-corrected chi connectivity index (χ1v) is 18.2. The summed E-state index contributed by atoms with van der Waals surface area (Å²) in [5, 5.41) is 8.09. The molecule has 6 rings (SSSR count). The van der Waals surface area contributed by atoms with Crippen molar-refractivity contribution in [2.24, 2.45) is 0 Å². The molecular formula is C41H50N6O8. The maximum Gasteiger partial charge on any atom is 0.246 e. The second kappa shape index (κ2) is 17.5. The van der Waals surface area contributed by atoms with Crippen molar-refractivity contribution in [1.29, 1.82) is 0 Å². The van der Waals surface area contributed by atoms with Crippen LogP contribution in [-0.4, -0.2) is 122 Å². The van der Waals surface area contributed by atoms with Crippen molar-refractivity contribution in [2.75, 3.05) is 41.9 Å². The molecule has 3 aromatic rings. The Balaban J connectivity index is 1.55. The molecule has 0 aromatic heterocycles. The summed E-state index contributed by atoms with van der Waals surface area (Å²) in [7, 11) is 7.58. The Hall–Kier alpha value is -5.92. The van der Waals surface area contributed by atoms with Gasteiger partial charge in [-0.05, 0) is 59.9 Å². The smallest absolute Gasteiger partial charge is 0.246 e. The zero-order valence-corrected chi connectivity index (χ0v) is 32.4. The second-order valence-corrected chi connectivity index (χ2v) is 14.2. The van der Waals surface area contributed by atoms with Gasteiger partial charge in [0.25, 0.3) is 0 Å². The average Bonchev–Trinajstić information content (AvgIpc) is 3.18. The minimum absolute atomic E-state index is 0.0900. The molecule has 3 aliphatic rings. The van der Waals surface area contributed by atoms with E-state index in [2.05, 4.69) is 16.0 Å². The predicted octanol–water partition coefficient (Wildman–Crippen LogP) is 1.26. The number of carbonyl (C=O) groups is 6. The molecule has 0 radical (unpaired) electrons. The van der Waals surface area contributed by atoms with Gasteiger partial charge in [0.05, 0.1) is 20.8 Å². The predicted molar refractivity (Wildman–Crippen MR) is 204 cm³/mol. The molecule has 1 fully saturated rings. The molecule has 1 saturated heterocycles. The van der Waals surface area contributed by atoms with Gasteiger partial charge in [-0.15, -0.1) is 0 Å². The van der Waals surface area contributed by atoms with Crippen molar-refractivity contribution in [2.45, 2.75) is 69.7 Å². The van der Waals surface area contributed by atoms with Crippen LogP contribution in [0.2, 0.25) is 0 Å². The number of carbonyl (C=O) groups excluding carboxylic acids is 6. The Morgan fingerprint density at radius 3 is 1.91 bits per heavy atom. The van der Waals surface area contributed by atoms with Crippen molar-refractivity contribution in [3.05, 3.63) is 94.5 Å². The Morgan fingerprint density at radius 1 is 0.636 bits per heavy atom. The maximum atomic E-state index is 14.6. The lowest BCUT2D eigenvalue weighted by Crippen LogP contribution is -2.60. The first-order valence-electron chi connectivity index (χ1n) is 18.2. The van der Waals surface area contributed by atoms with Crippen molar-refractivity contribution in [3.63, 3.8) is 0 Å². The molecule has 0 aliphatic carbocycles. The highest BCUT2D eigenvalue weighted by Gasteiger charge is 2.38. The van der Waals surface area contributed by atoms with Crippen molar-refractivity contribution < 1.29 is 38.2 Å². The van der Waals surface area contributed by atoms with Gasteiger partial charge < -0.3 is 40.1 Å². The molecule has 3 aromatic carbocycles. The van der Waals surface area contributed by atoms with Gasteiger partial charge in [0.1, 0.15) is 41.7 Å². The molecule has 3 N–H and O–H groups in total. The number of benzene rings is 3. The number of nitrogens with zero attached hydrogens (tertiary/aromatic N) is 3. The zero-order chi connectivity index (χ0) is 40.0. The number of likely N-dealkylation sites (N-methyl/N-ethyl adjacent to an activating group) is 3. The van der Waals surface area contributed by atoms with E-state index in [4.69, 9.17) is 9.47 Å². The molecule has 55 heavy (non-hydrogen) atoms.